The van der Waals surface area contributed by atoms with Gasteiger partial charge in [0.2, 0.25) is 0 Å². The molecule has 1 fully saturated rings. The maximum Gasteiger partial charge on any atom is 0.0639 e. The summed E-state index contributed by atoms with van der Waals surface area (Å²) in [7, 11) is 0. The summed E-state index contributed by atoms with van der Waals surface area (Å²) >= 11 is 0. The molecule has 0 amide bonds. The van der Waals surface area contributed by atoms with Crippen LogP contribution in [0.4, 0.5) is 0 Å². The van der Waals surface area contributed by atoms with E-state index in [2.05, 4.69) is 4.90 Å². The summed E-state index contributed by atoms with van der Waals surface area (Å²) in [6, 6.07) is 0.669. The molecule has 0 aromatic heterocycles. The van der Waals surface area contributed by atoms with E-state index in [1.54, 1.807) is 0 Å². The molecule has 0 saturated heterocycles. The second-order valence-corrected chi connectivity index (χ2v) is 5.07. The van der Waals surface area contributed by atoms with Gasteiger partial charge in [0.15, 0.2) is 0 Å². The quantitative estimate of drug-likeness (QED) is 0.654. The lowest BCUT2D eigenvalue weighted by atomic mass is 9.94. The van der Waals surface area contributed by atoms with E-state index in [-0.39, 0.29) is 12.7 Å². The molecule has 3 nitrogen and oxygen atoms in total. The van der Waals surface area contributed by atoms with Gasteiger partial charge >= 0.3 is 0 Å². The lowest BCUT2D eigenvalue weighted by Crippen LogP contribution is -2.41. The van der Waals surface area contributed by atoms with Crippen molar-refractivity contribution in [2.75, 3.05) is 19.7 Å². The highest BCUT2D eigenvalue weighted by molar-refractivity contribution is 4.77. The van der Waals surface area contributed by atoms with E-state index < -0.39 is 0 Å². The van der Waals surface area contributed by atoms with Gasteiger partial charge in [-0.05, 0) is 39.2 Å². The summed E-state index contributed by atoms with van der Waals surface area (Å²) in [6.07, 6.45) is 8.29. The zero-order chi connectivity index (χ0) is 11.8. The standard InChI is InChI=1S/C13H27NO2/c1-12(16)11-14(9-5-6-10-15)13-7-3-2-4-8-13/h12-13,15-16H,2-11H2,1H3. The fraction of sp³-hybridized carbons (Fsp3) is 1.00. The number of rotatable bonds is 7. The fourth-order valence-corrected chi connectivity index (χ4v) is 2.64. The molecule has 0 aromatic carbocycles. The summed E-state index contributed by atoms with van der Waals surface area (Å²) in [6.45, 7) is 3.96. The predicted molar refractivity (Wildman–Crippen MR) is 66.4 cm³/mol. The van der Waals surface area contributed by atoms with E-state index >= 15 is 0 Å². The molecule has 1 aliphatic carbocycles. The Kier molecular flexibility index (Phi) is 7.01. The first-order valence-corrected chi connectivity index (χ1v) is 6.77. The van der Waals surface area contributed by atoms with Crippen molar-refractivity contribution in [3.05, 3.63) is 0 Å². The highest BCUT2D eigenvalue weighted by Gasteiger charge is 2.21. The van der Waals surface area contributed by atoms with Gasteiger partial charge in [0.1, 0.15) is 0 Å². The minimum atomic E-state index is -0.240. The third kappa shape index (κ3) is 5.28. The van der Waals surface area contributed by atoms with Gasteiger partial charge < -0.3 is 10.2 Å². The van der Waals surface area contributed by atoms with Crippen LogP contribution < -0.4 is 0 Å². The van der Waals surface area contributed by atoms with Crippen molar-refractivity contribution >= 4 is 0 Å². The normalized spacial score (nSPS) is 20.2. The molecule has 1 saturated carbocycles. The highest BCUT2D eigenvalue weighted by atomic mass is 16.3. The fourth-order valence-electron chi connectivity index (χ4n) is 2.64. The molecular weight excluding hydrogens is 202 g/mol. The molecule has 0 spiro atoms. The Hall–Kier alpha value is -0.120. The van der Waals surface area contributed by atoms with Crippen LogP contribution in [-0.2, 0) is 0 Å². The van der Waals surface area contributed by atoms with Gasteiger partial charge in [-0.1, -0.05) is 19.3 Å². The van der Waals surface area contributed by atoms with Crippen molar-refractivity contribution in [3.8, 4) is 0 Å². The molecule has 1 rings (SSSR count). The van der Waals surface area contributed by atoms with Crippen LogP contribution in [-0.4, -0.2) is 47.0 Å². The van der Waals surface area contributed by atoms with Crippen LogP contribution in [0.3, 0.4) is 0 Å². The summed E-state index contributed by atoms with van der Waals surface area (Å²) < 4.78 is 0. The Morgan fingerprint density at radius 3 is 2.44 bits per heavy atom. The molecule has 0 heterocycles. The van der Waals surface area contributed by atoms with Gasteiger partial charge in [-0.25, -0.2) is 0 Å². The second-order valence-electron chi connectivity index (χ2n) is 5.07. The molecule has 1 aliphatic rings. The average Bonchev–Trinajstić information content (AvgIpc) is 2.29. The molecule has 0 aliphatic heterocycles. The molecule has 0 aromatic rings. The Bertz CT molecular complexity index is 167. The zero-order valence-electron chi connectivity index (χ0n) is 10.6. The van der Waals surface area contributed by atoms with Crippen LogP contribution in [0.15, 0.2) is 0 Å². The number of hydrogen-bond acceptors (Lipinski definition) is 3. The second kappa shape index (κ2) is 8.04. The van der Waals surface area contributed by atoms with Gasteiger partial charge in [-0.3, -0.25) is 4.90 Å². The number of nitrogens with zero attached hydrogens (tertiary/aromatic N) is 1. The Labute approximate surface area is 99.5 Å². The van der Waals surface area contributed by atoms with Crippen LogP contribution in [0.2, 0.25) is 0 Å². The van der Waals surface area contributed by atoms with E-state index in [0.717, 1.165) is 25.9 Å². The van der Waals surface area contributed by atoms with Crippen LogP contribution in [0.5, 0.6) is 0 Å². The van der Waals surface area contributed by atoms with E-state index in [1.807, 2.05) is 6.92 Å². The summed E-state index contributed by atoms with van der Waals surface area (Å²) in [4.78, 5) is 2.43. The third-order valence-corrected chi connectivity index (χ3v) is 3.44. The first-order chi connectivity index (χ1) is 7.74. The SMILES string of the molecule is CC(O)CN(CCCCO)C1CCCCC1. The topological polar surface area (TPSA) is 43.7 Å². The first-order valence-electron chi connectivity index (χ1n) is 6.77. The maximum atomic E-state index is 9.52. The van der Waals surface area contributed by atoms with Crippen LogP contribution in [0, 0.1) is 0 Å². The van der Waals surface area contributed by atoms with Crippen LogP contribution in [0.1, 0.15) is 51.9 Å². The van der Waals surface area contributed by atoms with E-state index in [9.17, 15) is 5.11 Å². The molecule has 1 unspecified atom stereocenters. The molecule has 0 radical (unpaired) electrons. The smallest absolute Gasteiger partial charge is 0.0639 e. The van der Waals surface area contributed by atoms with Crippen molar-refractivity contribution < 1.29 is 10.2 Å². The number of aliphatic hydroxyl groups excluding tert-OH is 2. The Morgan fingerprint density at radius 2 is 1.88 bits per heavy atom. The van der Waals surface area contributed by atoms with Gasteiger partial charge in [0.05, 0.1) is 6.10 Å². The first kappa shape index (κ1) is 13.9. The van der Waals surface area contributed by atoms with Gasteiger partial charge in [0, 0.05) is 19.2 Å². The zero-order valence-corrected chi connectivity index (χ0v) is 10.6. The maximum absolute atomic E-state index is 9.52. The lowest BCUT2D eigenvalue weighted by Gasteiger charge is -2.35. The van der Waals surface area contributed by atoms with Crippen LogP contribution in [0.25, 0.3) is 0 Å². The highest BCUT2D eigenvalue weighted by Crippen LogP contribution is 2.23. The minimum Gasteiger partial charge on any atom is -0.396 e. The average molecular weight is 229 g/mol. The molecule has 1 atom stereocenters. The summed E-state index contributed by atoms with van der Waals surface area (Å²) in [5, 5.41) is 18.3. The molecule has 2 N–H and O–H groups in total. The van der Waals surface area contributed by atoms with Crippen molar-refractivity contribution in [2.45, 2.75) is 64.0 Å². The molecule has 3 heteroatoms. The summed E-state index contributed by atoms with van der Waals surface area (Å²) in [5.74, 6) is 0. The number of hydrogen-bond donors (Lipinski definition) is 2. The van der Waals surface area contributed by atoms with Gasteiger partial charge in [-0.15, -0.1) is 0 Å². The molecule has 0 bridgehead atoms. The predicted octanol–water partition coefficient (Wildman–Crippen LogP) is 1.77. The Morgan fingerprint density at radius 1 is 1.19 bits per heavy atom. The van der Waals surface area contributed by atoms with Crippen molar-refractivity contribution in [2.24, 2.45) is 0 Å². The van der Waals surface area contributed by atoms with Crippen molar-refractivity contribution in [3.63, 3.8) is 0 Å². The van der Waals surface area contributed by atoms with Gasteiger partial charge in [-0.2, -0.15) is 0 Å². The molecule has 96 valence electrons. The number of aliphatic hydroxyl groups is 2. The van der Waals surface area contributed by atoms with Crippen molar-refractivity contribution in [1.29, 1.82) is 0 Å². The minimum absolute atomic E-state index is 0.240. The Balaban J connectivity index is 2.34. The van der Waals surface area contributed by atoms with E-state index in [1.165, 1.54) is 32.1 Å². The van der Waals surface area contributed by atoms with Crippen molar-refractivity contribution in [1.82, 2.24) is 4.90 Å². The lowest BCUT2D eigenvalue weighted by molar-refractivity contribution is 0.0799. The van der Waals surface area contributed by atoms with E-state index in [0.29, 0.717) is 6.04 Å². The molecule has 16 heavy (non-hydrogen) atoms. The number of unbranched alkanes of at least 4 members (excludes halogenated alkanes) is 1. The van der Waals surface area contributed by atoms with Crippen LogP contribution >= 0.6 is 0 Å². The summed E-state index contributed by atoms with van der Waals surface area (Å²) in [5.41, 5.74) is 0. The monoisotopic (exact) mass is 229 g/mol. The molecular formula is C13H27NO2. The van der Waals surface area contributed by atoms with Gasteiger partial charge in [0.25, 0.3) is 0 Å². The third-order valence-electron chi connectivity index (χ3n) is 3.44. The van der Waals surface area contributed by atoms with E-state index in [4.69, 9.17) is 5.11 Å². The largest absolute Gasteiger partial charge is 0.396 e.